The van der Waals surface area contributed by atoms with E-state index in [9.17, 15) is 0 Å². The zero-order valence-electron chi connectivity index (χ0n) is 10.9. The normalized spacial score (nSPS) is 21.2. The maximum Gasteiger partial charge on any atom is 0.150 e. The molecule has 0 aromatic carbocycles. The summed E-state index contributed by atoms with van der Waals surface area (Å²) < 4.78 is 0. The number of anilines is 2. The summed E-state index contributed by atoms with van der Waals surface area (Å²) in [5, 5.41) is 4.14. The monoisotopic (exact) mass is 288 g/mol. The molecule has 1 aliphatic rings. The van der Waals surface area contributed by atoms with E-state index in [-0.39, 0.29) is 0 Å². The van der Waals surface area contributed by atoms with Gasteiger partial charge in [0.15, 0.2) is 0 Å². The van der Waals surface area contributed by atoms with Gasteiger partial charge in [-0.15, -0.1) is 0 Å². The van der Waals surface area contributed by atoms with Crippen LogP contribution in [0.3, 0.4) is 0 Å². The highest BCUT2D eigenvalue weighted by Crippen LogP contribution is 2.32. The smallest absolute Gasteiger partial charge is 0.150 e. The summed E-state index contributed by atoms with van der Waals surface area (Å²) in [6.45, 7) is 5.13. The number of hydrogen-bond acceptors (Lipinski definition) is 4. The Balaban J connectivity index is 2.32. The molecule has 100 valence electrons. The van der Waals surface area contributed by atoms with Crippen LogP contribution in [0.1, 0.15) is 6.92 Å². The van der Waals surface area contributed by atoms with E-state index in [1.54, 1.807) is 13.1 Å². The van der Waals surface area contributed by atoms with Crippen LogP contribution in [0.25, 0.3) is 0 Å². The topological polar surface area (TPSA) is 31.4 Å². The van der Waals surface area contributed by atoms with Crippen LogP contribution in [0, 0.1) is 0 Å². The van der Waals surface area contributed by atoms with E-state index in [1.165, 1.54) is 0 Å². The fourth-order valence-corrected chi connectivity index (χ4v) is 2.85. The van der Waals surface area contributed by atoms with E-state index in [2.05, 4.69) is 34.1 Å². The van der Waals surface area contributed by atoms with Crippen molar-refractivity contribution >= 4 is 34.8 Å². The molecule has 4 nitrogen and oxygen atoms in total. The number of pyridine rings is 1. The maximum atomic E-state index is 6.26. The molecule has 1 fully saturated rings. The highest BCUT2D eigenvalue weighted by atomic mass is 35.5. The molecule has 0 bridgehead atoms. The predicted molar refractivity (Wildman–Crippen MR) is 78.1 cm³/mol. The Morgan fingerprint density at radius 2 is 2.06 bits per heavy atom. The Labute approximate surface area is 118 Å². The number of aromatic nitrogens is 1. The summed E-state index contributed by atoms with van der Waals surface area (Å²) >= 11 is 12.3. The van der Waals surface area contributed by atoms with Crippen molar-refractivity contribution in [2.45, 2.75) is 13.0 Å². The second-order valence-corrected chi connectivity index (χ2v) is 5.49. The van der Waals surface area contributed by atoms with Gasteiger partial charge >= 0.3 is 0 Å². The first-order chi connectivity index (χ1) is 8.52. The van der Waals surface area contributed by atoms with Crippen molar-refractivity contribution in [2.75, 3.05) is 43.9 Å². The summed E-state index contributed by atoms with van der Waals surface area (Å²) in [6, 6.07) is 2.14. The first-order valence-corrected chi connectivity index (χ1v) is 6.77. The van der Waals surface area contributed by atoms with Gasteiger partial charge < -0.3 is 15.1 Å². The van der Waals surface area contributed by atoms with Gasteiger partial charge in [-0.05, 0) is 20.0 Å². The lowest BCUT2D eigenvalue weighted by Gasteiger charge is -2.39. The highest BCUT2D eigenvalue weighted by molar-refractivity contribution is 6.37. The van der Waals surface area contributed by atoms with Crippen LogP contribution in [0.5, 0.6) is 0 Å². The van der Waals surface area contributed by atoms with Crippen molar-refractivity contribution in [1.29, 1.82) is 0 Å². The third-order valence-corrected chi connectivity index (χ3v) is 3.82. The highest BCUT2D eigenvalue weighted by Gasteiger charge is 2.25. The zero-order valence-corrected chi connectivity index (χ0v) is 12.4. The van der Waals surface area contributed by atoms with E-state index >= 15 is 0 Å². The first kappa shape index (κ1) is 13.7. The van der Waals surface area contributed by atoms with Crippen LogP contribution in [0.15, 0.2) is 6.07 Å². The number of rotatable bonds is 2. The second-order valence-electron chi connectivity index (χ2n) is 4.68. The minimum Gasteiger partial charge on any atom is -0.372 e. The van der Waals surface area contributed by atoms with Crippen LogP contribution in [-0.2, 0) is 0 Å². The van der Waals surface area contributed by atoms with Gasteiger partial charge in [0.1, 0.15) is 11.6 Å². The average Bonchev–Trinajstić information content (AvgIpc) is 2.30. The lowest BCUT2D eigenvalue weighted by atomic mass is 10.2. The SMILES string of the molecule is CNc1nc(N2CCN(C)CC2C)c(Cl)cc1Cl. The van der Waals surface area contributed by atoms with E-state index in [0.717, 1.165) is 25.5 Å². The molecular formula is C12H18Cl2N4. The number of likely N-dealkylation sites (N-methyl/N-ethyl adjacent to an activating group) is 1. The summed E-state index contributed by atoms with van der Waals surface area (Å²) in [5.41, 5.74) is 0. The molecule has 1 saturated heterocycles. The van der Waals surface area contributed by atoms with Gasteiger partial charge in [0.05, 0.1) is 10.0 Å². The number of piperazine rings is 1. The Morgan fingerprint density at radius 3 is 2.67 bits per heavy atom. The zero-order chi connectivity index (χ0) is 13.3. The summed E-state index contributed by atoms with van der Waals surface area (Å²) in [5.74, 6) is 1.48. The van der Waals surface area contributed by atoms with Gasteiger partial charge in [-0.2, -0.15) is 0 Å². The van der Waals surface area contributed by atoms with Crippen LogP contribution in [-0.4, -0.2) is 49.7 Å². The van der Waals surface area contributed by atoms with Crippen LogP contribution < -0.4 is 10.2 Å². The molecule has 0 aliphatic carbocycles. The number of hydrogen-bond donors (Lipinski definition) is 1. The van der Waals surface area contributed by atoms with Crippen LogP contribution in [0.2, 0.25) is 10.0 Å². The Kier molecular flexibility index (Phi) is 4.20. The Morgan fingerprint density at radius 1 is 1.33 bits per heavy atom. The number of halogens is 2. The van der Waals surface area contributed by atoms with Crippen LogP contribution >= 0.6 is 23.2 Å². The molecule has 1 N–H and O–H groups in total. The standard InChI is InChI=1S/C12H18Cl2N4/c1-8-7-17(3)4-5-18(8)12-10(14)6-9(13)11(15-2)16-12/h6,8H,4-5,7H2,1-3H3,(H,15,16). The van der Waals surface area contributed by atoms with Gasteiger partial charge in [-0.3, -0.25) is 0 Å². The Hall–Kier alpha value is -0.710. The van der Waals surface area contributed by atoms with E-state index in [0.29, 0.717) is 21.9 Å². The maximum absolute atomic E-state index is 6.26. The van der Waals surface area contributed by atoms with Gasteiger partial charge in [-0.1, -0.05) is 23.2 Å². The first-order valence-electron chi connectivity index (χ1n) is 6.02. The fraction of sp³-hybridized carbons (Fsp3) is 0.583. The van der Waals surface area contributed by atoms with Gasteiger partial charge in [0.25, 0.3) is 0 Å². The molecule has 6 heteroatoms. The van der Waals surface area contributed by atoms with Crippen molar-refractivity contribution in [3.05, 3.63) is 16.1 Å². The minimum absolute atomic E-state index is 0.389. The fourth-order valence-electron chi connectivity index (χ4n) is 2.29. The molecule has 18 heavy (non-hydrogen) atoms. The minimum atomic E-state index is 0.389. The van der Waals surface area contributed by atoms with E-state index in [1.807, 2.05) is 0 Å². The van der Waals surface area contributed by atoms with Gasteiger partial charge in [-0.25, -0.2) is 4.98 Å². The molecule has 0 amide bonds. The lowest BCUT2D eigenvalue weighted by Crippen LogP contribution is -2.51. The molecule has 2 heterocycles. The predicted octanol–water partition coefficient (Wildman–Crippen LogP) is 2.57. The lowest BCUT2D eigenvalue weighted by molar-refractivity contribution is 0.274. The summed E-state index contributed by atoms with van der Waals surface area (Å²) in [4.78, 5) is 9.07. The van der Waals surface area contributed by atoms with Crippen LogP contribution in [0.4, 0.5) is 11.6 Å². The molecule has 1 aliphatic heterocycles. The third-order valence-electron chi connectivity index (χ3n) is 3.25. The van der Waals surface area contributed by atoms with E-state index in [4.69, 9.17) is 23.2 Å². The molecular weight excluding hydrogens is 271 g/mol. The summed E-state index contributed by atoms with van der Waals surface area (Å²) in [7, 11) is 3.93. The molecule has 1 atom stereocenters. The number of nitrogens with one attached hydrogen (secondary N) is 1. The molecule has 1 aromatic rings. The van der Waals surface area contributed by atoms with Crippen molar-refractivity contribution in [2.24, 2.45) is 0 Å². The van der Waals surface area contributed by atoms with Crippen molar-refractivity contribution in [3.63, 3.8) is 0 Å². The molecule has 0 spiro atoms. The molecule has 1 unspecified atom stereocenters. The van der Waals surface area contributed by atoms with Gasteiger partial charge in [0.2, 0.25) is 0 Å². The van der Waals surface area contributed by atoms with Crippen molar-refractivity contribution in [1.82, 2.24) is 9.88 Å². The largest absolute Gasteiger partial charge is 0.372 e. The second kappa shape index (κ2) is 5.51. The van der Waals surface area contributed by atoms with E-state index < -0.39 is 0 Å². The molecule has 1 aromatic heterocycles. The summed E-state index contributed by atoms with van der Waals surface area (Å²) in [6.07, 6.45) is 0. The quantitative estimate of drug-likeness (QED) is 0.906. The molecule has 0 radical (unpaired) electrons. The molecule has 2 rings (SSSR count). The third kappa shape index (κ3) is 2.66. The van der Waals surface area contributed by atoms with Crippen molar-refractivity contribution < 1.29 is 0 Å². The Bertz CT molecular complexity index is 438. The van der Waals surface area contributed by atoms with Crippen molar-refractivity contribution in [3.8, 4) is 0 Å². The molecule has 0 saturated carbocycles. The number of nitrogens with zero attached hydrogens (tertiary/aromatic N) is 3. The van der Waals surface area contributed by atoms with Gasteiger partial charge in [0, 0.05) is 32.7 Å². The average molecular weight is 289 g/mol.